The Morgan fingerprint density at radius 2 is 1.79 bits per heavy atom. The van der Waals surface area contributed by atoms with E-state index in [-0.39, 0.29) is 5.91 Å². The average Bonchev–Trinajstić information content (AvgIpc) is 2.69. The van der Waals surface area contributed by atoms with Crippen LogP contribution in [0.4, 0.5) is 11.4 Å². The average molecular weight is 397 g/mol. The second kappa shape index (κ2) is 9.66. The van der Waals surface area contributed by atoms with Crippen LogP contribution in [0.5, 0.6) is 0 Å². The molecule has 0 aromatic heterocycles. The van der Waals surface area contributed by atoms with Crippen LogP contribution in [-0.2, 0) is 11.2 Å². The first-order valence-electron chi connectivity index (χ1n) is 9.78. The second-order valence-corrected chi connectivity index (χ2v) is 7.51. The highest BCUT2D eigenvalue weighted by atomic mass is 32.1. The predicted molar refractivity (Wildman–Crippen MR) is 120 cm³/mol. The number of carbonyl (C=O) groups excluding carboxylic acids is 1. The Bertz CT molecular complexity index is 831. The number of amides is 1. The lowest BCUT2D eigenvalue weighted by molar-refractivity contribution is -0.117. The Hall–Kier alpha value is -2.44. The number of carbonyl (C=O) groups is 1. The minimum absolute atomic E-state index is 0.0369. The number of hydrogen-bond acceptors (Lipinski definition) is 3. The van der Waals surface area contributed by atoms with E-state index in [0.717, 1.165) is 54.7 Å². The van der Waals surface area contributed by atoms with E-state index >= 15 is 0 Å². The minimum atomic E-state index is 0.0369. The van der Waals surface area contributed by atoms with Crippen molar-refractivity contribution in [1.82, 2.24) is 9.80 Å². The molecule has 0 atom stereocenters. The molecule has 2 aromatic rings. The largest absolute Gasteiger partial charge is 0.346 e. The summed E-state index contributed by atoms with van der Waals surface area (Å²) < 4.78 is 0. The van der Waals surface area contributed by atoms with Gasteiger partial charge in [0.25, 0.3) is 0 Å². The standard InChI is InChI=1S/C22H28N4OS/c1-3-18-8-4-5-10-20(18)24-21(27)16-25-11-13-26(14-12-25)22(28)23-19-9-6-7-17(2)15-19/h4-10,15H,3,11-14,16H2,1-2H3,(H,23,28)(H,24,27). The van der Waals surface area contributed by atoms with Crippen molar-refractivity contribution in [2.45, 2.75) is 20.3 Å². The Labute approximate surface area is 172 Å². The number of thiocarbonyl (C=S) groups is 1. The van der Waals surface area contributed by atoms with E-state index in [2.05, 4.69) is 52.5 Å². The van der Waals surface area contributed by atoms with E-state index in [1.54, 1.807) is 0 Å². The SMILES string of the molecule is CCc1ccccc1NC(=O)CN1CCN(C(=S)Nc2cccc(C)c2)CC1. The van der Waals surface area contributed by atoms with Crippen LogP contribution in [-0.4, -0.2) is 53.5 Å². The molecule has 0 radical (unpaired) electrons. The fraction of sp³-hybridized carbons (Fsp3) is 0.364. The maximum Gasteiger partial charge on any atom is 0.238 e. The van der Waals surface area contributed by atoms with Crippen molar-refractivity contribution in [2.75, 3.05) is 43.4 Å². The number of piperazine rings is 1. The highest BCUT2D eigenvalue weighted by molar-refractivity contribution is 7.80. The quantitative estimate of drug-likeness (QED) is 0.758. The summed E-state index contributed by atoms with van der Waals surface area (Å²) in [7, 11) is 0. The third kappa shape index (κ3) is 5.53. The molecule has 0 saturated carbocycles. The van der Waals surface area contributed by atoms with Crippen LogP contribution in [0.15, 0.2) is 48.5 Å². The van der Waals surface area contributed by atoms with Crippen LogP contribution < -0.4 is 10.6 Å². The van der Waals surface area contributed by atoms with Gasteiger partial charge in [0.2, 0.25) is 5.91 Å². The summed E-state index contributed by atoms with van der Waals surface area (Å²) in [5.41, 5.74) is 4.29. The molecule has 28 heavy (non-hydrogen) atoms. The summed E-state index contributed by atoms with van der Waals surface area (Å²) in [4.78, 5) is 16.8. The molecular formula is C22H28N4OS. The number of rotatable bonds is 5. The molecule has 5 nitrogen and oxygen atoms in total. The van der Waals surface area contributed by atoms with Crippen LogP contribution in [0.25, 0.3) is 0 Å². The third-order valence-corrected chi connectivity index (χ3v) is 5.33. The Morgan fingerprint density at radius 1 is 1.04 bits per heavy atom. The van der Waals surface area contributed by atoms with Gasteiger partial charge < -0.3 is 15.5 Å². The first-order valence-corrected chi connectivity index (χ1v) is 10.2. The van der Waals surface area contributed by atoms with Crippen LogP contribution in [0.3, 0.4) is 0 Å². The van der Waals surface area contributed by atoms with E-state index in [9.17, 15) is 4.79 Å². The van der Waals surface area contributed by atoms with Gasteiger partial charge >= 0.3 is 0 Å². The summed E-state index contributed by atoms with van der Waals surface area (Å²) >= 11 is 5.56. The van der Waals surface area contributed by atoms with Crippen molar-refractivity contribution in [1.29, 1.82) is 0 Å². The number of anilines is 2. The van der Waals surface area contributed by atoms with Gasteiger partial charge in [-0.2, -0.15) is 0 Å². The predicted octanol–water partition coefficient (Wildman–Crippen LogP) is 3.51. The van der Waals surface area contributed by atoms with E-state index in [1.807, 2.05) is 30.3 Å². The van der Waals surface area contributed by atoms with E-state index in [1.165, 1.54) is 5.56 Å². The highest BCUT2D eigenvalue weighted by Gasteiger charge is 2.21. The Kier molecular flexibility index (Phi) is 7.01. The Balaban J connectivity index is 1.46. The zero-order valence-corrected chi connectivity index (χ0v) is 17.4. The summed E-state index contributed by atoms with van der Waals surface area (Å²) in [6.07, 6.45) is 0.903. The number of aryl methyl sites for hydroxylation is 2. The number of para-hydroxylation sites is 1. The van der Waals surface area contributed by atoms with E-state index in [4.69, 9.17) is 12.2 Å². The maximum atomic E-state index is 12.4. The fourth-order valence-electron chi connectivity index (χ4n) is 3.38. The molecule has 3 rings (SSSR count). The molecule has 148 valence electrons. The lowest BCUT2D eigenvalue weighted by Gasteiger charge is -2.35. The summed E-state index contributed by atoms with van der Waals surface area (Å²) in [6, 6.07) is 16.2. The van der Waals surface area contributed by atoms with Gasteiger partial charge in [0.05, 0.1) is 6.54 Å². The summed E-state index contributed by atoms with van der Waals surface area (Å²) in [5, 5.41) is 7.10. The lowest BCUT2D eigenvalue weighted by Crippen LogP contribution is -2.51. The maximum absolute atomic E-state index is 12.4. The normalized spacial score (nSPS) is 14.6. The van der Waals surface area contributed by atoms with Crippen LogP contribution >= 0.6 is 12.2 Å². The van der Waals surface area contributed by atoms with Crippen LogP contribution in [0.1, 0.15) is 18.1 Å². The number of nitrogens with zero attached hydrogens (tertiary/aromatic N) is 2. The monoisotopic (exact) mass is 396 g/mol. The minimum Gasteiger partial charge on any atom is -0.346 e. The van der Waals surface area contributed by atoms with Crippen molar-refractivity contribution in [3.05, 3.63) is 59.7 Å². The lowest BCUT2D eigenvalue weighted by atomic mass is 10.1. The molecule has 0 unspecified atom stereocenters. The number of benzene rings is 2. The van der Waals surface area contributed by atoms with E-state index in [0.29, 0.717) is 6.54 Å². The highest BCUT2D eigenvalue weighted by Crippen LogP contribution is 2.16. The molecule has 6 heteroatoms. The smallest absolute Gasteiger partial charge is 0.238 e. The van der Waals surface area contributed by atoms with Gasteiger partial charge in [0.15, 0.2) is 5.11 Å². The first kappa shape index (κ1) is 20.3. The number of nitrogens with one attached hydrogen (secondary N) is 2. The molecule has 1 aliphatic rings. The van der Waals surface area contributed by atoms with E-state index < -0.39 is 0 Å². The first-order chi connectivity index (χ1) is 13.5. The molecule has 2 aromatic carbocycles. The zero-order valence-electron chi connectivity index (χ0n) is 16.6. The zero-order chi connectivity index (χ0) is 19.9. The fourth-order valence-corrected chi connectivity index (χ4v) is 3.68. The Morgan fingerprint density at radius 3 is 2.50 bits per heavy atom. The van der Waals surface area contributed by atoms with Gasteiger partial charge in [-0.3, -0.25) is 9.69 Å². The summed E-state index contributed by atoms with van der Waals surface area (Å²) in [5.74, 6) is 0.0369. The molecular weight excluding hydrogens is 368 g/mol. The molecule has 1 amide bonds. The molecule has 0 bridgehead atoms. The second-order valence-electron chi connectivity index (χ2n) is 7.12. The van der Waals surface area contributed by atoms with Crippen molar-refractivity contribution >= 4 is 34.6 Å². The van der Waals surface area contributed by atoms with Crippen molar-refractivity contribution in [3.63, 3.8) is 0 Å². The molecule has 0 spiro atoms. The van der Waals surface area contributed by atoms with Gasteiger partial charge in [-0.15, -0.1) is 0 Å². The van der Waals surface area contributed by atoms with Gasteiger partial charge in [-0.25, -0.2) is 0 Å². The third-order valence-electron chi connectivity index (χ3n) is 4.97. The van der Waals surface area contributed by atoms with Crippen molar-refractivity contribution in [2.24, 2.45) is 0 Å². The van der Waals surface area contributed by atoms with Crippen LogP contribution in [0, 0.1) is 6.92 Å². The van der Waals surface area contributed by atoms with Gasteiger partial charge in [0, 0.05) is 37.6 Å². The molecule has 2 N–H and O–H groups in total. The van der Waals surface area contributed by atoms with Crippen molar-refractivity contribution in [3.8, 4) is 0 Å². The molecule has 1 aliphatic heterocycles. The van der Waals surface area contributed by atoms with Gasteiger partial charge in [-0.1, -0.05) is 37.3 Å². The molecule has 1 fully saturated rings. The molecule has 0 aliphatic carbocycles. The topological polar surface area (TPSA) is 47.6 Å². The van der Waals surface area contributed by atoms with Gasteiger partial charge in [0.1, 0.15) is 0 Å². The molecule has 1 heterocycles. The van der Waals surface area contributed by atoms with Crippen LogP contribution in [0.2, 0.25) is 0 Å². The van der Waals surface area contributed by atoms with Gasteiger partial charge in [-0.05, 0) is 54.9 Å². The molecule has 1 saturated heterocycles. The number of hydrogen-bond donors (Lipinski definition) is 2. The summed E-state index contributed by atoms with van der Waals surface area (Å²) in [6.45, 7) is 7.84. The van der Waals surface area contributed by atoms with Crippen molar-refractivity contribution < 1.29 is 4.79 Å².